The molecule has 0 saturated carbocycles. The number of methoxy groups -OCH3 is 1. The van der Waals surface area contributed by atoms with Crippen molar-refractivity contribution in [2.24, 2.45) is 5.73 Å². The number of hydrogen-bond donors (Lipinski definition) is 3. The lowest BCUT2D eigenvalue weighted by molar-refractivity contribution is -0.140. The number of hydrogen-bond acceptors (Lipinski definition) is 6. The summed E-state index contributed by atoms with van der Waals surface area (Å²) in [7, 11) is 3.78. The highest BCUT2D eigenvalue weighted by molar-refractivity contribution is 5.73. The Morgan fingerprint density at radius 3 is 2.44 bits per heavy atom. The van der Waals surface area contributed by atoms with Gasteiger partial charge < -0.3 is 30.5 Å². The molecule has 2 unspecified atom stereocenters. The second kappa shape index (κ2) is 8.73. The van der Waals surface area contributed by atoms with E-state index in [1.165, 1.54) is 6.92 Å². The Labute approximate surface area is 107 Å². The minimum absolute atomic E-state index is 0.804. The van der Waals surface area contributed by atoms with Crippen molar-refractivity contribution in [3.8, 4) is 0 Å². The number of carbonyl (C=O) groups is 1. The van der Waals surface area contributed by atoms with E-state index < -0.39 is 18.1 Å². The molecule has 0 amide bonds. The molecular weight excluding hydrogens is 238 g/mol. The van der Waals surface area contributed by atoms with E-state index in [1.54, 1.807) is 7.11 Å². The lowest BCUT2D eigenvalue weighted by atomic mass is 10.2. The first-order chi connectivity index (χ1) is 8.38. The zero-order valence-corrected chi connectivity index (χ0v) is 11.1. The summed E-state index contributed by atoms with van der Waals surface area (Å²) in [6.45, 7) is 4.11. The average molecular weight is 261 g/mol. The Morgan fingerprint density at radius 2 is 2.17 bits per heavy atom. The van der Waals surface area contributed by atoms with Crippen molar-refractivity contribution in [3.63, 3.8) is 0 Å². The maximum atomic E-state index is 9.86. The lowest BCUT2D eigenvalue weighted by Gasteiger charge is -2.16. The molecule has 0 aliphatic carbocycles. The van der Waals surface area contributed by atoms with E-state index in [1.807, 2.05) is 0 Å². The fourth-order valence-electron chi connectivity index (χ4n) is 1.15. The number of ether oxygens (including phenoxy) is 1. The van der Waals surface area contributed by atoms with Crippen molar-refractivity contribution >= 4 is 5.97 Å². The third-order valence-corrected chi connectivity index (χ3v) is 2.32. The Kier molecular flexibility index (Phi) is 8.10. The molecule has 0 saturated heterocycles. The quantitative estimate of drug-likeness (QED) is 0.589. The van der Waals surface area contributed by atoms with Crippen LogP contribution in [0.25, 0.3) is 0 Å². The van der Waals surface area contributed by atoms with Crippen molar-refractivity contribution in [3.05, 3.63) is 12.4 Å². The molecule has 0 radical (unpaired) electrons. The van der Waals surface area contributed by atoms with Gasteiger partial charge in [-0.25, -0.2) is 0 Å². The van der Waals surface area contributed by atoms with Crippen molar-refractivity contribution in [1.29, 1.82) is 0 Å². The van der Waals surface area contributed by atoms with Gasteiger partial charge >= 0.3 is 5.97 Å². The van der Waals surface area contributed by atoms with Gasteiger partial charge in [-0.1, -0.05) is 0 Å². The zero-order valence-electron chi connectivity index (χ0n) is 11.1. The molecule has 1 aliphatic rings. The highest BCUT2D eigenvalue weighted by atomic mass is 16.5. The van der Waals surface area contributed by atoms with Gasteiger partial charge in [0.15, 0.2) is 0 Å². The molecule has 0 fully saturated rings. The van der Waals surface area contributed by atoms with Gasteiger partial charge in [0.05, 0.1) is 19.4 Å². The molecule has 4 N–H and O–H groups in total. The zero-order chi connectivity index (χ0) is 14.1. The number of rotatable bonds is 5. The number of aliphatic carboxylic acids is 1. The van der Waals surface area contributed by atoms with E-state index in [0.29, 0.717) is 0 Å². The molecule has 0 spiro atoms. The van der Waals surface area contributed by atoms with Crippen LogP contribution in [0.1, 0.15) is 6.92 Å². The smallest absolute Gasteiger partial charge is 0.323 e. The van der Waals surface area contributed by atoms with Crippen LogP contribution < -0.4 is 5.73 Å². The number of nitrogens with zero attached hydrogens (tertiary/aromatic N) is 2. The van der Waals surface area contributed by atoms with Gasteiger partial charge in [-0.05, 0) is 6.92 Å². The number of carboxylic acids is 1. The van der Waals surface area contributed by atoms with Crippen LogP contribution in [0.4, 0.5) is 0 Å². The maximum Gasteiger partial charge on any atom is 0.323 e. The standard InChI is InChI=1S/C7H14N2O.C4H9NO3/c1-8-3-4-9(7-8)5-6-10-2;1-2(6)3(5)4(7)8/h3-4H,5-7H2,1-2H3;2-3,6H,5H2,1H3,(H,7,8). The summed E-state index contributed by atoms with van der Waals surface area (Å²) in [5.41, 5.74) is 4.91. The van der Waals surface area contributed by atoms with Gasteiger partial charge in [0.1, 0.15) is 6.04 Å². The van der Waals surface area contributed by atoms with Gasteiger partial charge in [-0.2, -0.15) is 0 Å². The van der Waals surface area contributed by atoms with E-state index in [-0.39, 0.29) is 0 Å². The second-order valence-electron chi connectivity index (χ2n) is 4.11. The van der Waals surface area contributed by atoms with E-state index in [2.05, 4.69) is 29.2 Å². The number of aliphatic hydroxyl groups excluding tert-OH is 1. The van der Waals surface area contributed by atoms with Gasteiger partial charge in [0, 0.05) is 33.1 Å². The molecule has 7 heteroatoms. The van der Waals surface area contributed by atoms with Crippen LogP contribution in [-0.2, 0) is 9.53 Å². The molecule has 106 valence electrons. The first-order valence-corrected chi connectivity index (χ1v) is 5.66. The first kappa shape index (κ1) is 16.7. The molecule has 1 aliphatic heterocycles. The largest absolute Gasteiger partial charge is 0.480 e. The summed E-state index contributed by atoms with van der Waals surface area (Å²) in [6, 6.07) is -1.16. The topological polar surface area (TPSA) is 99.3 Å². The number of nitrogens with two attached hydrogens (primary N) is 1. The third kappa shape index (κ3) is 7.10. The molecule has 0 aromatic rings. The second-order valence-corrected chi connectivity index (χ2v) is 4.11. The first-order valence-electron chi connectivity index (χ1n) is 5.66. The highest BCUT2D eigenvalue weighted by Crippen LogP contribution is 2.01. The van der Waals surface area contributed by atoms with Gasteiger partial charge in [0.25, 0.3) is 0 Å². The van der Waals surface area contributed by atoms with Crippen LogP contribution in [0.5, 0.6) is 0 Å². The summed E-state index contributed by atoms with van der Waals surface area (Å²) >= 11 is 0. The van der Waals surface area contributed by atoms with E-state index in [4.69, 9.17) is 20.7 Å². The van der Waals surface area contributed by atoms with E-state index in [9.17, 15) is 4.79 Å². The number of aliphatic hydroxyl groups is 1. The summed E-state index contributed by atoms with van der Waals surface area (Å²) in [5, 5.41) is 16.6. The third-order valence-electron chi connectivity index (χ3n) is 2.32. The molecule has 1 heterocycles. The van der Waals surface area contributed by atoms with Crippen molar-refractivity contribution in [2.75, 3.05) is 34.0 Å². The Morgan fingerprint density at radius 1 is 1.56 bits per heavy atom. The summed E-state index contributed by atoms with van der Waals surface area (Å²) in [4.78, 5) is 14.2. The summed E-state index contributed by atoms with van der Waals surface area (Å²) < 4.78 is 4.94. The molecule has 0 bridgehead atoms. The molecule has 18 heavy (non-hydrogen) atoms. The Bertz CT molecular complexity index is 271. The van der Waals surface area contributed by atoms with E-state index >= 15 is 0 Å². The molecular formula is C11H23N3O4. The van der Waals surface area contributed by atoms with Crippen LogP contribution in [0.3, 0.4) is 0 Å². The van der Waals surface area contributed by atoms with Crippen LogP contribution >= 0.6 is 0 Å². The fourth-order valence-corrected chi connectivity index (χ4v) is 1.15. The molecule has 1 rings (SSSR count). The van der Waals surface area contributed by atoms with Crippen molar-refractivity contribution in [2.45, 2.75) is 19.1 Å². The average Bonchev–Trinajstić information content (AvgIpc) is 2.72. The normalized spacial score (nSPS) is 17.2. The monoisotopic (exact) mass is 261 g/mol. The van der Waals surface area contributed by atoms with Crippen LogP contribution in [0.2, 0.25) is 0 Å². The van der Waals surface area contributed by atoms with Crippen molar-refractivity contribution in [1.82, 2.24) is 9.80 Å². The Balaban J connectivity index is 0.000000331. The molecule has 0 aromatic carbocycles. The van der Waals surface area contributed by atoms with Gasteiger partial charge in [-0.15, -0.1) is 0 Å². The van der Waals surface area contributed by atoms with Crippen LogP contribution in [0.15, 0.2) is 12.4 Å². The SMILES string of the molecule is CC(O)C(N)C(=O)O.COCCN1C=CN(C)C1. The summed E-state index contributed by atoms with van der Waals surface area (Å²) in [5.74, 6) is -1.18. The minimum Gasteiger partial charge on any atom is -0.480 e. The molecule has 0 aromatic heterocycles. The lowest BCUT2D eigenvalue weighted by Crippen LogP contribution is -2.39. The maximum absolute atomic E-state index is 9.86. The Hall–Kier alpha value is -1.31. The predicted molar refractivity (Wildman–Crippen MR) is 67.6 cm³/mol. The minimum atomic E-state index is -1.18. The number of carboxylic acid groups (broad SMARTS) is 1. The van der Waals surface area contributed by atoms with Crippen molar-refractivity contribution < 1.29 is 19.7 Å². The van der Waals surface area contributed by atoms with Gasteiger partial charge in [-0.3, -0.25) is 4.79 Å². The van der Waals surface area contributed by atoms with E-state index in [0.717, 1.165) is 19.8 Å². The van der Waals surface area contributed by atoms with Crippen LogP contribution in [-0.4, -0.2) is 72.1 Å². The molecule has 2 atom stereocenters. The molecule has 7 nitrogen and oxygen atoms in total. The van der Waals surface area contributed by atoms with Gasteiger partial charge in [0.2, 0.25) is 0 Å². The highest BCUT2D eigenvalue weighted by Gasteiger charge is 2.16. The van der Waals surface area contributed by atoms with Crippen LogP contribution in [0, 0.1) is 0 Å². The summed E-state index contributed by atoms with van der Waals surface area (Å²) in [6.07, 6.45) is 3.17. The fraction of sp³-hybridized carbons (Fsp3) is 0.727. The predicted octanol–water partition coefficient (Wildman–Crippen LogP) is -0.912.